The third kappa shape index (κ3) is 5.39. The fourth-order valence-corrected chi connectivity index (χ4v) is 0.651. The molecular formula is C7H15N3. The Bertz CT molecular complexity index is 106. The first-order chi connectivity index (χ1) is 4.81. The normalized spacial score (nSPS) is 9.40. The van der Waals surface area contributed by atoms with E-state index in [0.717, 1.165) is 26.1 Å². The molecule has 1 N–H and O–H groups in total. The second kappa shape index (κ2) is 6.37. The molecule has 0 spiro atoms. The molecule has 0 aliphatic carbocycles. The summed E-state index contributed by atoms with van der Waals surface area (Å²) in [5.74, 6) is 0. The Morgan fingerprint density at radius 1 is 1.60 bits per heavy atom. The summed E-state index contributed by atoms with van der Waals surface area (Å²) in [6.45, 7) is 5.05. The molecule has 0 aromatic rings. The van der Waals surface area contributed by atoms with Crippen molar-refractivity contribution < 1.29 is 0 Å². The molecule has 0 fully saturated rings. The monoisotopic (exact) mass is 141 g/mol. The minimum absolute atomic E-state index is 0.792. The van der Waals surface area contributed by atoms with E-state index < -0.39 is 0 Å². The molecule has 0 aliphatic heterocycles. The highest BCUT2D eigenvalue weighted by Gasteiger charge is 1.91. The van der Waals surface area contributed by atoms with Gasteiger partial charge in [0.05, 0.1) is 0 Å². The second-order valence-electron chi connectivity index (χ2n) is 2.29. The van der Waals surface area contributed by atoms with Crippen LogP contribution in [0.3, 0.4) is 0 Å². The Morgan fingerprint density at radius 2 is 2.30 bits per heavy atom. The van der Waals surface area contributed by atoms with E-state index in [4.69, 9.17) is 5.26 Å². The van der Waals surface area contributed by atoms with Gasteiger partial charge in [-0.15, -0.1) is 0 Å². The molecule has 0 aliphatic rings. The van der Waals surface area contributed by atoms with Crippen LogP contribution in [0.25, 0.3) is 0 Å². The summed E-state index contributed by atoms with van der Waals surface area (Å²) in [6, 6.07) is 0. The van der Waals surface area contributed by atoms with Crippen molar-refractivity contribution in [2.75, 3.05) is 26.7 Å². The lowest BCUT2D eigenvalue weighted by molar-refractivity contribution is 0.347. The van der Waals surface area contributed by atoms with Gasteiger partial charge in [-0.25, -0.2) is 0 Å². The van der Waals surface area contributed by atoms with Crippen molar-refractivity contribution in [3.63, 3.8) is 0 Å². The average molecular weight is 141 g/mol. The smallest absolute Gasteiger partial charge is 0.176 e. The zero-order valence-electron chi connectivity index (χ0n) is 6.72. The number of nitrogens with zero attached hydrogens (tertiary/aromatic N) is 2. The molecule has 3 nitrogen and oxygen atoms in total. The van der Waals surface area contributed by atoms with E-state index in [1.165, 1.54) is 0 Å². The third-order valence-electron chi connectivity index (χ3n) is 1.46. The van der Waals surface area contributed by atoms with Crippen molar-refractivity contribution in [3.05, 3.63) is 0 Å². The van der Waals surface area contributed by atoms with E-state index in [9.17, 15) is 0 Å². The SMILES string of the molecule is CCN(C)CCCNC#N. The van der Waals surface area contributed by atoms with E-state index in [1.54, 1.807) is 0 Å². The molecule has 58 valence electrons. The van der Waals surface area contributed by atoms with Gasteiger partial charge in [-0.2, -0.15) is 5.26 Å². The van der Waals surface area contributed by atoms with E-state index in [2.05, 4.69) is 24.2 Å². The summed E-state index contributed by atoms with van der Waals surface area (Å²) in [5.41, 5.74) is 0. The molecule has 0 heterocycles. The largest absolute Gasteiger partial charge is 0.324 e. The number of rotatable bonds is 5. The van der Waals surface area contributed by atoms with Crippen molar-refractivity contribution in [2.24, 2.45) is 0 Å². The van der Waals surface area contributed by atoms with Gasteiger partial charge in [-0.1, -0.05) is 6.92 Å². The molecule has 0 aromatic carbocycles. The quantitative estimate of drug-likeness (QED) is 0.342. The molecule has 10 heavy (non-hydrogen) atoms. The van der Waals surface area contributed by atoms with E-state index in [0.29, 0.717) is 0 Å². The molecule has 0 atom stereocenters. The van der Waals surface area contributed by atoms with Gasteiger partial charge in [0.15, 0.2) is 6.19 Å². The molecule has 0 saturated carbocycles. The summed E-state index contributed by atoms with van der Waals surface area (Å²) in [7, 11) is 2.08. The lowest BCUT2D eigenvalue weighted by Crippen LogP contribution is -2.22. The highest BCUT2D eigenvalue weighted by Crippen LogP contribution is 1.83. The van der Waals surface area contributed by atoms with Crippen LogP contribution in [0.1, 0.15) is 13.3 Å². The Balaban J connectivity index is 2.98. The Kier molecular flexibility index (Phi) is 5.89. The van der Waals surface area contributed by atoms with Crippen LogP contribution in [0, 0.1) is 11.5 Å². The van der Waals surface area contributed by atoms with Gasteiger partial charge in [0, 0.05) is 6.54 Å². The lowest BCUT2D eigenvalue weighted by Gasteiger charge is -2.12. The standard InChI is InChI=1S/C7H15N3/c1-3-10(2)6-4-5-9-7-8/h9H,3-6H2,1-2H3. The fourth-order valence-electron chi connectivity index (χ4n) is 0.651. The molecule has 0 aromatic heterocycles. The van der Waals surface area contributed by atoms with Crippen molar-refractivity contribution in [1.82, 2.24) is 10.2 Å². The van der Waals surface area contributed by atoms with E-state index in [1.807, 2.05) is 6.19 Å². The van der Waals surface area contributed by atoms with Gasteiger partial charge in [-0.3, -0.25) is 0 Å². The minimum Gasteiger partial charge on any atom is -0.324 e. The molecule has 0 unspecified atom stereocenters. The maximum absolute atomic E-state index is 8.11. The maximum atomic E-state index is 8.11. The molecule has 0 rings (SSSR count). The number of hydrogen-bond donors (Lipinski definition) is 1. The summed E-state index contributed by atoms with van der Waals surface area (Å²) in [5, 5.41) is 10.7. The van der Waals surface area contributed by atoms with Crippen LogP contribution in [0.4, 0.5) is 0 Å². The van der Waals surface area contributed by atoms with Crippen LogP contribution in [0.2, 0.25) is 0 Å². The first kappa shape index (κ1) is 9.25. The molecule has 0 bridgehead atoms. The molecule has 0 radical (unpaired) electrons. The van der Waals surface area contributed by atoms with Crippen molar-refractivity contribution in [1.29, 1.82) is 5.26 Å². The molecule has 0 amide bonds. The van der Waals surface area contributed by atoms with Gasteiger partial charge >= 0.3 is 0 Å². The van der Waals surface area contributed by atoms with Gasteiger partial charge < -0.3 is 10.2 Å². The molecule has 0 saturated heterocycles. The van der Waals surface area contributed by atoms with Crippen LogP contribution < -0.4 is 5.32 Å². The highest BCUT2D eigenvalue weighted by molar-refractivity contribution is 4.64. The van der Waals surface area contributed by atoms with Gasteiger partial charge in [0.25, 0.3) is 0 Å². The number of nitrogens with one attached hydrogen (secondary N) is 1. The van der Waals surface area contributed by atoms with Crippen molar-refractivity contribution >= 4 is 0 Å². The molecule has 3 heteroatoms. The van der Waals surface area contributed by atoms with Crippen LogP contribution in [-0.4, -0.2) is 31.6 Å². The summed E-state index contributed by atoms with van der Waals surface area (Å²) in [6.07, 6.45) is 2.93. The lowest BCUT2D eigenvalue weighted by atomic mass is 10.4. The first-order valence-corrected chi connectivity index (χ1v) is 3.61. The maximum Gasteiger partial charge on any atom is 0.176 e. The van der Waals surface area contributed by atoms with Gasteiger partial charge in [0.1, 0.15) is 0 Å². The van der Waals surface area contributed by atoms with Crippen LogP contribution >= 0.6 is 0 Å². The second-order valence-corrected chi connectivity index (χ2v) is 2.29. The first-order valence-electron chi connectivity index (χ1n) is 3.61. The summed E-state index contributed by atoms with van der Waals surface area (Å²) in [4.78, 5) is 2.22. The minimum atomic E-state index is 0.792. The Morgan fingerprint density at radius 3 is 2.80 bits per heavy atom. The zero-order chi connectivity index (χ0) is 7.82. The zero-order valence-corrected chi connectivity index (χ0v) is 6.72. The van der Waals surface area contributed by atoms with Crippen molar-refractivity contribution in [2.45, 2.75) is 13.3 Å². The Labute approximate surface area is 62.6 Å². The topological polar surface area (TPSA) is 39.1 Å². The van der Waals surface area contributed by atoms with E-state index in [-0.39, 0.29) is 0 Å². The summed E-state index contributed by atoms with van der Waals surface area (Å²) >= 11 is 0. The number of nitriles is 1. The fraction of sp³-hybridized carbons (Fsp3) is 0.857. The Hall–Kier alpha value is -0.750. The average Bonchev–Trinajstić information content (AvgIpc) is 1.98. The number of hydrogen-bond acceptors (Lipinski definition) is 3. The summed E-state index contributed by atoms with van der Waals surface area (Å²) < 4.78 is 0. The predicted octanol–water partition coefficient (Wildman–Crippen LogP) is 0.399. The van der Waals surface area contributed by atoms with Crippen molar-refractivity contribution in [3.8, 4) is 6.19 Å². The van der Waals surface area contributed by atoms with E-state index >= 15 is 0 Å². The van der Waals surface area contributed by atoms with Gasteiger partial charge in [-0.05, 0) is 26.6 Å². The van der Waals surface area contributed by atoms with Crippen LogP contribution in [0.5, 0.6) is 0 Å². The highest BCUT2D eigenvalue weighted by atomic mass is 15.1. The molecular weight excluding hydrogens is 126 g/mol. The third-order valence-corrected chi connectivity index (χ3v) is 1.46. The van der Waals surface area contributed by atoms with Crippen LogP contribution in [0.15, 0.2) is 0 Å². The van der Waals surface area contributed by atoms with Gasteiger partial charge in [0.2, 0.25) is 0 Å². The van der Waals surface area contributed by atoms with Crippen LogP contribution in [-0.2, 0) is 0 Å². The predicted molar refractivity (Wildman–Crippen MR) is 41.4 cm³/mol.